The Hall–Kier alpha value is -2.06. The van der Waals surface area contributed by atoms with Crippen LogP contribution in [0.15, 0.2) is 42.5 Å². The third-order valence-electron chi connectivity index (χ3n) is 3.57. The molecule has 2 atom stereocenters. The van der Waals surface area contributed by atoms with E-state index in [9.17, 15) is 10.5 Å². The van der Waals surface area contributed by atoms with Crippen molar-refractivity contribution in [2.45, 2.75) is 25.2 Å². The van der Waals surface area contributed by atoms with E-state index in [0.29, 0.717) is 5.92 Å². The summed E-state index contributed by atoms with van der Waals surface area (Å²) in [5.74, 6) is -0.261. The van der Waals surface area contributed by atoms with Crippen molar-refractivity contribution in [3.8, 4) is 12.1 Å². The van der Waals surface area contributed by atoms with Gasteiger partial charge < -0.3 is 0 Å². The summed E-state index contributed by atoms with van der Waals surface area (Å²) in [5.41, 5.74) is 1.10. The molecular weight excluding hydrogens is 220 g/mol. The predicted octanol–water partition coefficient (Wildman–Crippen LogP) is 3.79. The minimum Gasteiger partial charge on any atom is -0.197 e. The molecule has 2 nitrogen and oxygen atoms in total. The van der Waals surface area contributed by atoms with Crippen LogP contribution in [-0.4, -0.2) is 0 Å². The molecule has 2 unspecified atom stereocenters. The van der Waals surface area contributed by atoms with Crippen molar-refractivity contribution in [2.24, 2.45) is 11.8 Å². The lowest BCUT2D eigenvalue weighted by atomic mass is 9.74. The second-order valence-corrected chi connectivity index (χ2v) is 4.70. The topological polar surface area (TPSA) is 47.6 Å². The quantitative estimate of drug-likeness (QED) is 0.749. The number of benzene rings is 1. The van der Waals surface area contributed by atoms with Gasteiger partial charge in [0.1, 0.15) is 5.92 Å². The first-order chi connectivity index (χ1) is 8.86. The van der Waals surface area contributed by atoms with E-state index in [-0.39, 0.29) is 5.92 Å². The molecule has 0 radical (unpaired) electrons. The van der Waals surface area contributed by atoms with Crippen LogP contribution < -0.4 is 0 Å². The fourth-order valence-corrected chi connectivity index (χ4v) is 2.69. The van der Waals surface area contributed by atoms with Crippen LogP contribution >= 0.6 is 0 Å². The molecule has 0 saturated heterocycles. The van der Waals surface area contributed by atoms with Crippen molar-refractivity contribution in [2.75, 3.05) is 0 Å². The average molecular weight is 236 g/mol. The van der Waals surface area contributed by atoms with Crippen LogP contribution in [0.25, 0.3) is 0 Å². The molecule has 18 heavy (non-hydrogen) atoms. The van der Waals surface area contributed by atoms with E-state index in [2.05, 4.69) is 24.3 Å². The first-order valence-electron chi connectivity index (χ1n) is 6.37. The van der Waals surface area contributed by atoms with Gasteiger partial charge in [-0.15, -0.1) is 0 Å². The normalized spacial score (nSPS) is 20.1. The molecule has 0 heterocycles. The minimum atomic E-state index is -0.569. The molecule has 0 saturated carbocycles. The number of allylic oxidation sites excluding steroid dienone is 2. The number of nitrogens with zero attached hydrogens (tertiary/aromatic N) is 2. The largest absolute Gasteiger partial charge is 0.197 e. The molecule has 1 aromatic carbocycles. The Bertz CT molecular complexity index is 476. The van der Waals surface area contributed by atoms with E-state index in [1.807, 2.05) is 30.3 Å². The van der Waals surface area contributed by atoms with Gasteiger partial charge >= 0.3 is 0 Å². The Morgan fingerprint density at radius 1 is 1.11 bits per heavy atom. The summed E-state index contributed by atoms with van der Waals surface area (Å²) in [7, 11) is 0. The number of hydrogen-bond acceptors (Lipinski definition) is 2. The van der Waals surface area contributed by atoms with Gasteiger partial charge in [-0.05, 0) is 30.7 Å². The van der Waals surface area contributed by atoms with Crippen molar-refractivity contribution in [3.05, 3.63) is 48.0 Å². The SMILES string of the molecule is N#CC(C#N)C(c1ccccc1)C1C=CCCC1. The van der Waals surface area contributed by atoms with E-state index in [1.54, 1.807) is 0 Å². The van der Waals surface area contributed by atoms with E-state index >= 15 is 0 Å². The molecule has 0 spiro atoms. The highest BCUT2D eigenvalue weighted by atomic mass is 14.4. The average Bonchev–Trinajstić information content (AvgIpc) is 2.46. The molecule has 0 aliphatic heterocycles. The van der Waals surface area contributed by atoms with Gasteiger partial charge in [-0.3, -0.25) is 0 Å². The van der Waals surface area contributed by atoms with Crippen molar-refractivity contribution >= 4 is 0 Å². The Morgan fingerprint density at radius 3 is 2.39 bits per heavy atom. The highest BCUT2D eigenvalue weighted by Gasteiger charge is 2.30. The molecule has 2 rings (SSSR count). The van der Waals surface area contributed by atoms with Crippen LogP contribution in [0.2, 0.25) is 0 Å². The molecule has 0 bridgehead atoms. The van der Waals surface area contributed by atoms with Crippen molar-refractivity contribution < 1.29 is 0 Å². The molecule has 90 valence electrons. The zero-order chi connectivity index (χ0) is 12.8. The summed E-state index contributed by atoms with van der Waals surface area (Å²) in [6, 6.07) is 14.3. The monoisotopic (exact) mass is 236 g/mol. The van der Waals surface area contributed by atoms with Crippen LogP contribution in [0.5, 0.6) is 0 Å². The van der Waals surface area contributed by atoms with E-state index in [4.69, 9.17) is 0 Å². The van der Waals surface area contributed by atoms with E-state index in [1.165, 1.54) is 0 Å². The Balaban J connectivity index is 2.35. The van der Waals surface area contributed by atoms with E-state index in [0.717, 1.165) is 24.8 Å². The molecule has 0 fully saturated rings. The second-order valence-electron chi connectivity index (χ2n) is 4.70. The molecule has 0 N–H and O–H groups in total. The van der Waals surface area contributed by atoms with Gasteiger partial charge in [0.2, 0.25) is 0 Å². The fourth-order valence-electron chi connectivity index (χ4n) is 2.69. The zero-order valence-electron chi connectivity index (χ0n) is 10.3. The Labute approximate surface area is 108 Å². The standard InChI is InChI=1S/C16H16N2/c17-11-15(12-18)16(13-7-3-1-4-8-13)14-9-5-2-6-10-14/h1,3-5,7-9,14-16H,2,6,10H2. The van der Waals surface area contributed by atoms with Gasteiger partial charge in [-0.25, -0.2) is 0 Å². The number of rotatable bonds is 3. The molecule has 2 heteroatoms. The number of nitriles is 2. The summed E-state index contributed by atoms with van der Waals surface area (Å²) < 4.78 is 0. The zero-order valence-corrected chi connectivity index (χ0v) is 10.3. The summed E-state index contributed by atoms with van der Waals surface area (Å²) in [6.07, 6.45) is 7.69. The molecule has 0 aromatic heterocycles. The van der Waals surface area contributed by atoms with Gasteiger partial charge in [-0.1, -0.05) is 42.5 Å². The van der Waals surface area contributed by atoms with Gasteiger partial charge in [0, 0.05) is 5.92 Å². The molecule has 1 aliphatic carbocycles. The van der Waals surface area contributed by atoms with Crippen LogP contribution in [-0.2, 0) is 0 Å². The predicted molar refractivity (Wildman–Crippen MR) is 70.4 cm³/mol. The maximum atomic E-state index is 9.19. The van der Waals surface area contributed by atoms with Crippen LogP contribution in [0, 0.1) is 34.5 Å². The molecule has 0 amide bonds. The van der Waals surface area contributed by atoms with Gasteiger partial charge in [0.05, 0.1) is 12.1 Å². The number of hydrogen-bond donors (Lipinski definition) is 0. The van der Waals surface area contributed by atoms with Crippen molar-refractivity contribution in [3.63, 3.8) is 0 Å². The lowest BCUT2D eigenvalue weighted by molar-refractivity contribution is 0.414. The second kappa shape index (κ2) is 6.03. The fraction of sp³-hybridized carbons (Fsp3) is 0.375. The van der Waals surface area contributed by atoms with Gasteiger partial charge in [0.25, 0.3) is 0 Å². The minimum absolute atomic E-state index is 0.00208. The van der Waals surface area contributed by atoms with Crippen LogP contribution in [0.1, 0.15) is 30.7 Å². The van der Waals surface area contributed by atoms with Crippen molar-refractivity contribution in [1.29, 1.82) is 10.5 Å². The third-order valence-corrected chi connectivity index (χ3v) is 3.57. The highest BCUT2D eigenvalue weighted by molar-refractivity contribution is 5.27. The lowest BCUT2D eigenvalue weighted by Crippen LogP contribution is -2.20. The third kappa shape index (κ3) is 2.60. The van der Waals surface area contributed by atoms with E-state index < -0.39 is 5.92 Å². The summed E-state index contributed by atoms with van der Waals surface area (Å²) in [6.45, 7) is 0. The van der Waals surface area contributed by atoms with Gasteiger partial charge in [-0.2, -0.15) is 10.5 Å². The molecule has 1 aliphatic rings. The first kappa shape index (κ1) is 12.4. The highest BCUT2D eigenvalue weighted by Crippen LogP contribution is 2.37. The summed E-state index contributed by atoms with van der Waals surface area (Å²) >= 11 is 0. The Morgan fingerprint density at radius 2 is 1.83 bits per heavy atom. The summed E-state index contributed by atoms with van der Waals surface area (Å²) in [4.78, 5) is 0. The maximum absolute atomic E-state index is 9.19. The molecular formula is C16H16N2. The van der Waals surface area contributed by atoms with Crippen molar-refractivity contribution in [1.82, 2.24) is 0 Å². The summed E-state index contributed by atoms with van der Waals surface area (Å²) in [5, 5.41) is 18.4. The Kier molecular flexibility index (Phi) is 4.15. The smallest absolute Gasteiger partial charge is 0.140 e. The lowest BCUT2D eigenvalue weighted by Gasteiger charge is -2.27. The first-order valence-corrected chi connectivity index (χ1v) is 6.37. The molecule has 1 aromatic rings. The van der Waals surface area contributed by atoms with Crippen LogP contribution in [0.4, 0.5) is 0 Å². The van der Waals surface area contributed by atoms with Gasteiger partial charge in [0.15, 0.2) is 0 Å². The van der Waals surface area contributed by atoms with Crippen LogP contribution in [0.3, 0.4) is 0 Å². The maximum Gasteiger partial charge on any atom is 0.140 e.